The molecule has 0 spiro atoms. The Morgan fingerprint density at radius 2 is 2.12 bits per heavy atom. The van der Waals surface area contributed by atoms with Gasteiger partial charge in [0.2, 0.25) is 5.95 Å². The molecular weight excluding hydrogens is 337 g/mol. The molecule has 1 fully saturated rings. The number of nitrogens with zero attached hydrogens (tertiary/aromatic N) is 5. The molecule has 0 aromatic carbocycles. The predicted octanol–water partition coefficient (Wildman–Crippen LogP) is 2.45. The third-order valence-electron chi connectivity index (χ3n) is 6.04. The Bertz CT molecular complexity index is 1070. The molecule has 3 aromatic heterocycles. The summed E-state index contributed by atoms with van der Waals surface area (Å²) < 4.78 is 17.2. The van der Waals surface area contributed by atoms with Crippen molar-refractivity contribution in [2.45, 2.75) is 50.0 Å². The molecule has 0 radical (unpaired) electrons. The minimum Gasteiger partial charge on any atom is -0.481 e. The number of halogens is 1. The van der Waals surface area contributed by atoms with Gasteiger partial charge in [0, 0.05) is 35.0 Å². The maximum Gasteiger partial charge on any atom is 0.311 e. The van der Waals surface area contributed by atoms with Gasteiger partial charge in [-0.25, -0.2) is 9.50 Å². The maximum atomic E-state index is 13.8. The average molecular weight is 355 g/mol. The van der Waals surface area contributed by atoms with E-state index >= 15 is 0 Å². The van der Waals surface area contributed by atoms with Crippen molar-refractivity contribution in [2.75, 3.05) is 0 Å². The van der Waals surface area contributed by atoms with Crippen molar-refractivity contribution in [3.63, 3.8) is 0 Å². The van der Waals surface area contributed by atoms with Crippen molar-refractivity contribution in [1.82, 2.24) is 24.4 Å². The van der Waals surface area contributed by atoms with Gasteiger partial charge in [0.15, 0.2) is 5.65 Å². The van der Waals surface area contributed by atoms with E-state index in [0.717, 1.165) is 18.4 Å². The van der Waals surface area contributed by atoms with Gasteiger partial charge in [-0.15, -0.1) is 5.10 Å². The molecular formula is C18H18FN5O2. The summed E-state index contributed by atoms with van der Waals surface area (Å²) in [4.78, 5) is 16.0. The van der Waals surface area contributed by atoms with E-state index in [1.54, 1.807) is 12.4 Å². The molecule has 2 aliphatic carbocycles. The molecule has 2 atom stereocenters. The Morgan fingerprint density at radius 1 is 1.35 bits per heavy atom. The van der Waals surface area contributed by atoms with Crippen LogP contribution in [0, 0.1) is 5.95 Å². The SMILES string of the molecule is CC1(c2cnn(C3(C)CC3)c2)CC(C(=O)O)c2cnc3cc(F)nn3c21. The number of hydrogen-bond donors (Lipinski definition) is 1. The number of carboxylic acid groups (broad SMARTS) is 1. The minimum absolute atomic E-state index is 0.0492. The van der Waals surface area contributed by atoms with Crippen molar-refractivity contribution in [3.05, 3.63) is 47.4 Å². The van der Waals surface area contributed by atoms with E-state index in [1.807, 2.05) is 17.8 Å². The van der Waals surface area contributed by atoms with E-state index < -0.39 is 23.2 Å². The van der Waals surface area contributed by atoms with Crippen LogP contribution >= 0.6 is 0 Å². The van der Waals surface area contributed by atoms with E-state index in [0.29, 0.717) is 23.3 Å². The second-order valence-electron chi connectivity index (χ2n) is 7.90. The molecule has 0 bridgehead atoms. The third-order valence-corrected chi connectivity index (χ3v) is 6.04. The Labute approximate surface area is 148 Å². The van der Waals surface area contributed by atoms with Crippen LogP contribution in [0.2, 0.25) is 0 Å². The quantitative estimate of drug-likeness (QED) is 0.780. The summed E-state index contributed by atoms with van der Waals surface area (Å²) in [6.45, 7) is 4.13. The van der Waals surface area contributed by atoms with Crippen LogP contribution in [-0.2, 0) is 15.7 Å². The fourth-order valence-electron chi connectivity index (χ4n) is 4.13. The van der Waals surface area contributed by atoms with Crippen molar-refractivity contribution in [1.29, 1.82) is 0 Å². The lowest BCUT2D eigenvalue weighted by molar-refractivity contribution is -0.138. The lowest BCUT2D eigenvalue weighted by Crippen LogP contribution is -2.24. The first-order chi connectivity index (χ1) is 12.3. The van der Waals surface area contributed by atoms with Gasteiger partial charge in [0.05, 0.1) is 23.3 Å². The van der Waals surface area contributed by atoms with Crippen molar-refractivity contribution in [3.8, 4) is 0 Å². The summed E-state index contributed by atoms with van der Waals surface area (Å²) in [5.41, 5.74) is 1.97. The average Bonchev–Trinajstić information content (AvgIpc) is 2.98. The molecule has 0 saturated heterocycles. The molecule has 1 N–H and O–H groups in total. The maximum absolute atomic E-state index is 13.8. The molecule has 134 valence electrons. The summed E-state index contributed by atoms with van der Waals surface area (Å²) in [5, 5.41) is 18.2. The summed E-state index contributed by atoms with van der Waals surface area (Å²) in [7, 11) is 0. The molecule has 7 nitrogen and oxygen atoms in total. The Morgan fingerprint density at radius 3 is 2.81 bits per heavy atom. The molecule has 1 saturated carbocycles. The van der Waals surface area contributed by atoms with Crippen LogP contribution in [-0.4, -0.2) is 35.5 Å². The zero-order chi connectivity index (χ0) is 18.3. The Kier molecular flexibility index (Phi) is 2.79. The number of fused-ring (bicyclic) bond motifs is 3. The number of aliphatic carboxylic acids is 1. The van der Waals surface area contributed by atoms with Gasteiger partial charge in [-0.05, 0) is 33.1 Å². The van der Waals surface area contributed by atoms with Crippen LogP contribution in [0.5, 0.6) is 0 Å². The summed E-state index contributed by atoms with van der Waals surface area (Å²) >= 11 is 0. The van der Waals surface area contributed by atoms with Gasteiger partial charge in [-0.2, -0.15) is 9.49 Å². The second kappa shape index (κ2) is 4.69. The number of hydrogen-bond acceptors (Lipinski definition) is 4. The zero-order valence-electron chi connectivity index (χ0n) is 14.5. The highest BCUT2D eigenvalue weighted by Crippen LogP contribution is 2.50. The first kappa shape index (κ1) is 15.5. The van der Waals surface area contributed by atoms with E-state index in [4.69, 9.17) is 0 Å². The first-order valence-corrected chi connectivity index (χ1v) is 8.65. The molecule has 3 heterocycles. The molecule has 2 aliphatic rings. The number of carbonyl (C=O) groups is 1. The Balaban J connectivity index is 1.74. The monoisotopic (exact) mass is 355 g/mol. The second-order valence-corrected chi connectivity index (χ2v) is 7.90. The van der Waals surface area contributed by atoms with Crippen molar-refractivity contribution >= 4 is 11.6 Å². The molecule has 3 aromatic rings. The Hall–Kier alpha value is -2.77. The summed E-state index contributed by atoms with van der Waals surface area (Å²) in [6, 6.07) is 1.25. The number of rotatable bonds is 3. The first-order valence-electron chi connectivity index (χ1n) is 8.65. The highest BCUT2D eigenvalue weighted by Gasteiger charge is 2.49. The van der Waals surface area contributed by atoms with Crippen LogP contribution in [0.15, 0.2) is 24.7 Å². The molecule has 0 amide bonds. The van der Waals surface area contributed by atoms with Gasteiger partial charge >= 0.3 is 5.97 Å². The standard InChI is InChI=1S/C18H18FN5O2/c1-17(3-4-17)23-9-10(7-21-23)18(2)6-11(16(25)26)12-8-20-14-5-13(19)22-24(14)15(12)18/h5,7-9,11H,3-4,6H2,1-2H3,(H,25,26). The highest BCUT2D eigenvalue weighted by atomic mass is 19.1. The van der Waals surface area contributed by atoms with E-state index in [-0.39, 0.29) is 5.54 Å². The molecule has 2 unspecified atom stereocenters. The lowest BCUT2D eigenvalue weighted by atomic mass is 9.80. The van der Waals surface area contributed by atoms with Crippen LogP contribution in [0.25, 0.3) is 5.65 Å². The van der Waals surface area contributed by atoms with E-state index in [2.05, 4.69) is 22.1 Å². The smallest absolute Gasteiger partial charge is 0.311 e. The van der Waals surface area contributed by atoms with Crippen LogP contribution in [0.3, 0.4) is 0 Å². The van der Waals surface area contributed by atoms with E-state index in [1.165, 1.54) is 10.6 Å². The minimum atomic E-state index is -0.912. The van der Waals surface area contributed by atoms with Crippen LogP contribution in [0.4, 0.5) is 4.39 Å². The number of aromatic nitrogens is 5. The number of carboxylic acids is 1. The van der Waals surface area contributed by atoms with Gasteiger partial charge in [0.1, 0.15) is 0 Å². The molecule has 5 rings (SSSR count). The normalized spacial score (nSPS) is 26.2. The molecule has 0 aliphatic heterocycles. The third kappa shape index (κ3) is 1.92. The van der Waals surface area contributed by atoms with Crippen LogP contribution in [0.1, 0.15) is 55.8 Å². The molecule has 26 heavy (non-hydrogen) atoms. The zero-order valence-corrected chi connectivity index (χ0v) is 14.5. The van der Waals surface area contributed by atoms with Gasteiger partial charge in [-0.3, -0.25) is 9.48 Å². The largest absolute Gasteiger partial charge is 0.481 e. The highest BCUT2D eigenvalue weighted by molar-refractivity contribution is 5.79. The fourth-order valence-corrected chi connectivity index (χ4v) is 4.13. The van der Waals surface area contributed by atoms with Gasteiger partial charge < -0.3 is 5.11 Å². The van der Waals surface area contributed by atoms with Gasteiger partial charge in [0.25, 0.3) is 0 Å². The fraction of sp³-hybridized carbons (Fsp3) is 0.444. The van der Waals surface area contributed by atoms with E-state index in [9.17, 15) is 14.3 Å². The van der Waals surface area contributed by atoms with Crippen LogP contribution < -0.4 is 0 Å². The molecule has 8 heteroatoms. The lowest BCUT2D eigenvalue weighted by Gasteiger charge is -2.24. The van der Waals surface area contributed by atoms with Crippen molar-refractivity contribution < 1.29 is 14.3 Å². The summed E-state index contributed by atoms with van der Waals surface area (Å²) in [6.07, 6.45) is 7.86. The predicted molar refractivity (Wildman–Crippen MR) is 89.5 cm³/mol. The topological polar surface area (TPSA) is 85.3 Å². The summed E-state index contributed by atoms with van der Waals surface area (Å²) in [5.74, 6) is -2.25. The van der Waals surface area contributed by atoms with Gasteiger partial charge in [-0.1, -0.05) is 0 Å². The van der Waals surface area contributed by atoms with Crippen molar-refractivity contribution in [2.24, 2.45) is 0 Å².